The van der Waals surface area contributed by atoms with E-state index in [1.165, 1.54) is 11.1 Å². The van der Waals surface area contributed by atoms with Gasteiger partial charge in [-0.3, -0.25) is 4.79 Å². The predicted octanol–water partition coefficient (Wildman–Crippen LogP) is 3.14. The third kappa shape index (κ3) is 4.08. The smallest absolute Gasteiger partial charge is 0.239 e. The number of nitrogens with zero attached hydrogens (tertiary/aromatic N) is 1. The molecule has 4 nitrogen and oxygen atoms in total. The Morgan fingerprint density at radius 3 is 3.00 bits per heavy atom. The Hall–Kier alpha value is -1.86. The van der Waals surface area contributed by atoms with Gasteiger partial charge in [-0.1, -0.05) is 24.3 Å². The molecule has 0 bridgehead atoms. The molecule has 0 aromatic heterocycles. The summed E-state index contributed by atoms with van der Waals surface area (Å²) in [4.78, 5) is 11.7. The third-order valence-electron chi connectivity index (χ3n) is 4.09. The molecule has 118 valence electrons. The second kappa shape index (κ2) is 7.42. The van der Waals surface area contributed by atoms with Gasteiger partial charge in [0.15, 0.2) is 0 Å². The van der Waals surface area contributed by atoms with E-state index in [4.69, 9.17) is 10.00 Å². The first kappa shape index (κ1) is 16.5. The Morgan fingerprint density at radius 2 is 2.23 bits per heavy atom. The van der Waals surface area contributed by atoms with E-state index in [0.29, 0.717) is 13.2 Å². The minimum Gasteiger partial charge on any atom is -0.373 e. The van der Waals surface area contributed by atoms with E-state index < -0.39 is 5.41 Å². The van der Waals surface area contributed by atoms with Crippen molar-refractivity contribution in [2.75, 3.05) is 13.2 Å². The maximum atomic E-state index is 11.7. The molecule has 1 N–H and O–H groups in total. The SMILES string of the molecule is CC(C)(C#N)C(=O)NCCCO[C@H]1CCCc2ccccc21. The van der Waals surface area contributed by atoms with Gasteiger partial charge < -0.3 is 10.1 Å². The van der Waals surface area contributed by atoms with Crippen molar-refractivity contribution in [3.63, 3.8) is 0 Å². The van der Waals surface area contributed by atoms with Crippen LogP contribution >= 0.6 is 0 Å². The maximum Gasteiger partial charge on any atom is 0.239 e. The highest BCUT2D eigenvalue weighted by Crippen LogP contribution is 2.32. The lowest BCUT2D eigenvalue weighted by atomic mass is 9.89. The van der Waals surface area contributed by atoms with Crippen LogP contribution in [0.2, 0.25) is 0 Å². The molecule has 0 heterocycles. The van der Waals surface area contributed by atoms with Gasteiger partial charge in [0.1, 0.15) is 5.41 Å². The van der Waals surface area contributed by atoms with Crippen LogP contribution in [0.4, 0.5) is 0 Å². The fraction of sp³-hybridized carbons (Fsp3) is 0.556. The molecule has 0 fully saturated rings. The van der Waals surface area contributed by atoms with Crippen molar-refractivity contribution < 1.29 is 9.53 Å². The first-order valence-electron chi connectivity index (χ1n) is 7.93. The standard InChI is InChI=1S/C18H24N2O2/c1-18(2,13-19)17(21)20-11-6-12-22-16-10-5-8-14-7-3-4-9-15(14)16/h3-4,7,9,16H,5-6,8,10-12H2,1-2H3,(H,20,21)/t16-/m0/s1. The van der Waals surface area contributed by atoms with Crippen molar-refractivity contribution in [3.05, 3.63) is 35.4 Å². The fourth-order valence-electron chi connectivity index (χ4n) is 2.65. The van der Waals surface area contributed by atoms with Crippen LogP contribution in [0.5, 0.6) is 0 Å². The van der Waals surface area contributed by atoms with Crippen LogP contribution in [-0.4, -0.2) is 19.1 Å². The average Bonchev–Trinajstić information content (AvgIpc) is 2.54. The Bertz CT molecular complexity index is 560. The number of nitriles is 1. The number of amides is 1. The number of rotatable bonds is 6. The monoisotopic (exact) mass is 300 g/mol. The lowest BCUT2D eigenvalue weighted by Crippen LogP contribution is -2.36. The van der Waals surface area contributed by atoms with Crippen LogP contribution in [0.3, 0.4) is 0 Å². The number of benzene rings is 1. The molecule has 2 rings (SSSR count). The predicted molar refractivity (Wildman–Crippen MR) is 85.1 cm³/mol. The number of hydrogen-bond donors (Lipinski definition) is 1. The van der Waals surface area contributed by atoms with Gasteiger partial charge in [-0.05, 0) is 50.7 Å². The normalized spacial score (nSPS) is 17.4. The topological polar surface area (TPSA) is 62.1 Å². The van der Waals surface area contributed by atoms with Crippen LogP contribution in [0, 0.1) is 16.7 Å². The highest BCUT2D eigenvalue weighted by atomic mass is 16.5. The van der Waals surface area contributed by atoms with Gasteiger partial charge in [0.25, 0.3) is 0 Å². The van der Waals surface area contributed by atoms with Crippen molar-refractivity contribution in [1.82, 2.24) is 5.32 Å². The summed E-state index contributed by atoms with van der Waals surface area (Å²) in [6.45, 7) is 4.40. The van der Waals surface area contributed by atoms with Crippen molar-refractivity contribution >= 4 is 5.91 Å². The molecular formula is C18H24N2O2. The summed E-state index contributed by atoms with van der Waals surface area (Å²) >= 11 is 0. The Balaban J connectivity index is 1.72. The van der Waals surface area contributed by atoms with Gasteiger partial charge in [-0.25, -0.2) is 0 Å². The quantitative estimate of drug-likeness (QED) is 0.821. The summed E-state index contributed by atoms with van der Waals surface area (Å²) in [6, 6.07) is 10.5. The third-order valence-corrected chi connectivity index (χ3v) is 4.09. The van der Waals surface area contributed by atoms with E-state index in [2.05, 4.69) is 29.6 Å². The van der Waals surface area contributed by atoms with Crippen LogP contribution < -0.4 is 5.32 Å². The highest BCUT2D eigenvalue weighted by molar-refractivity contribution is 5.84. The first-order valence-corrected chi connectivity index (χ1v) is 7.93. The van der Waals surface area contributed by atoms with E-state index in [9.17, 15) is 4.79 Å². The van der Waals surface area contributed by atoms with Crippen molar-refractivity contribution in [2.24, 2.45) is 5.41 Å². The number of hydrogen-bond acceptors (Lipinski definition) is 3. The second-order valence-electron chi connectivity index (χ2n) is 6.30. The molecule has 1 aliphatic carbocycles. The molecule has 22 heavy (non-hydrogen) atoms. The molecule has 0 saturated carbocycles. The first-order chi connectivity index (χ1) is 10.5. The zero-order valence-corrected chi connectivity index (χ0v) is 13.4. The van der Waals surface area contributed by atoms with E-state index >= 15 is 0 Å². The second-order valence-corrected chi connectivity index (χ2v) is 6.30. The summed E-state index contributed by atoms with van der Waals surface area (Å²) in [5, 5.41) is 11.7. The number of aryl methyl sites for hydroxylation is 1. The summed E-state index contributed by atoms with van der Waals surface area (Å²) < 4.78 is 5.99. The van der Waals surface area contributed by atoms with Gasteiger partial charge in [0, 0.05) is 13.2 Å². The molecule has 0 unspecified atom stereocenters. The summed E-state index contributed by atoms with van der Waals surface area (Å²) in [5.74, 6) is -0.224. The number of ether oxygens (including phenoxy) is 1. The molecule has 1 aromatic carbocycles. The Labute approximate surface area is 132 Å². The number of carbonyl (C=O) groups is 1. The van der Waals surface area contributed by atoms with Crippen LogP contribution in [0.1, 0.15) is 50.3 Å². The molecule has 0 spiro atoms. The minimum atomic E-state index is -0.969. The largest absolute Gasteiger partial charge is 0.373 e. The van der Waals surface area contributed by atoms with Crippen LogP contribution in [0.25, 0.3) is 0 Å². The molecule has 0 aliphatic heterocycles. The zero-order chi connectivity index (χ0) is 16.0. The highest BCUT2D eigenvalue weighted by Gasteiger charge is 2.26. The summed E-state index contributed by atoms with van der Waals surface area (Å²) in [7, 11) is 0. The van der Waals surface area contributed by atoms with Crippen LogP contribution in [-0.2, 0) is 16.0 Å². The van der Waals surface area contributed by atoms with E-state index in [-0.39, 0.29) is 12.0 Å². The molecule has 4 heteroatoms. The van der Waals surface area contributed by atoms with E-state index in [1.54, 1.807) is 13.8 Å². The van der Waals surface area contributed by atoms with Gasteiger partial charge >= 0.3 is 0 Å². The Morgan fingerprint density at radius 1 is 1.45 bits per heavy atom. The van der Waals surface area contributed by atoms with E-state index in [0.717, 1.165) is 25.7 Å². The van der Waals surface area contributed by atoms with Gasteiger partial charge in [0.05, 0.1) is 12.2 Å². The lowest BCUT2D eigenvalue weighted by molar-refractivity contribution is -0.126. The zero-order valence-electron chi connectivity index (χ0n) is 13.4. The minimum absolute atomic E-state index is 0.177. The maximum absolute atomic E-state index is 11.7. The molecule has 1 atom stereocenters. The number of fused-ring (bicyclic) bond motifs is 1. The average molecular weight is 300 g/mol. The van der Waals surface area contributed by atoms with Gasteiger partial charge in [-0.15, -0.1) is 0 Å². The van der Waals surface area contributed by atoms with Gasteiger partial charge in [-0.2, -0.15) is 5.26 Å². The number of nitrogens with one attached hydrogen (secondary N) is 1. The molecule has 1 aromatic rings. The van der Waals surface area contributed by atoms with Crippen molar-refractivity contribution in [2.45, 2.75) is 45.6 Å². The summed E-state index contributed by atoms with van der Waals surface area (Å²) in [5.41, 5.74) is 1.73. The fourth-order valence-corrected chi connectivity index (χ4v) is 2.65. The number of carbonyl (C=O) groups excluding carboxylic acids is 1. The Kier molecular flexibility index (Phi) is 5.57. The van der Waals surface area contributed by atoms with Crippen molar-refractivity contribution in [3.8, 4) is 6.07 Å². The molecule has 1 amide bonds. The summed E-state index contributed by atoms with van der Waals surface area (Å²) in [6.07, 6.45) is 4.29. The lowest BCUT2D eigenvalue weighted by Gasteiger charge is -2.25. The molecule has 0 saturated heterocycles. The van der Waals surface area contributed by atoms with E-state index in [1.807, 2.05) is 6.07 Å². The molecule has 0 radical (unpaired) electrons. The molecule has 1 aliphatic rings. The van der Waals surface area contributed by atoms with Crippen molar-refractivity contribution in [1.29, 1.82) is 5.26 Å². The molecular weight excluding hydrogens is 276 g/mol. The van der Waals surface area contributed by atoms with Gasteiger partial charge in [0.2, 0.25) is 5.91 Å². The van der Waals surface area contributed by atoms with Crippen LogP contribution in [0.15, 0.2) is 24.3 Å².